The van der Waals surface area contributed by atoms with E-state index < -0.39 is 17.5 Å². The van der Waals surface area contributed by atoms with Crippen LogP contribution in [0.2, 0.25) is 0 Å². The second-order valence-corrected chi connectivity index (χ2v) is 5.29. The number of rotatable bonds is 3. The van der Waals surface area contributed by atoms with Gasteiger partial charge in [0.1, 0.15) is 0 Å². The summed E-state index contributed by atoms with van der Waals surface area (Å²) >= 11 is 0. The van der Waals surface area contributed by atoms with Gasteiger partial charge in [-0.15, -0.1) is 0 Å². The van der Waals surface area contributed by atoms with Crippen LogP contribution in [0, 0.1) is 11.8 Å². The second kappa shape index (κ2) is 5.95. The Kier molecular flexibility index (Phi) is 4.48. The molecular weight excluding hydrogens is 267 g/mol. The van der Waals surface area contributed by atoms with E-state index in [4.69, 9.17) is 5.73 Å². The zero-order chi connectivity index (χ0) is 14.8. The first-order valence-corrected chi connectivity index (χ1v) is 6.85. The highest BCUT2D eigenvalue weighted by Gasteiger charge is 2.38. The molecule has 0 amide bonds. The second-order valence-electron chi connectivity index (χ2n) is 5.29. The minimum atomic E-state index is -4.50. The first-order chi connectivity index (χ1) is 9.45. The number of Topliss-reactive ketones (excluding diaryl/α,β-unsaturated/α-hetero) is 1. The van der Waals surface area contributed by atoms with Crippen LogP contribution in [-0.2, 0) is 6.18 Å². The summed E-state index contributed by atoms with van der Waals surface area (Å²) in [6.07, 6.45) is -1.18. The van der Waals surface area contributed by atoms with Gasteiger partial charge in [-0.2, -0.15) is 13.2 Å². The lowest BCUT2D eigenvalue weighted by molar-refractivity contribution is -0.138. The van der Waals surface area contributed by atoms with E-state index in [-0.39, 0.29) is 17.4 Å². The molecular formula is C15H18F3NO. The normalized spacial score (nSPS) is 23.6. The largest absolute Gasteiger partial charge is 0.417 e. The topological polar surface area (TPSA) is 43.1 Å². The fourth-order valence-corrected chi connectivity index (χ4v) is 2.98. The van der Waals surface area contributed by atoms with Crippen molar-refractivity contribution < 1.29 is 18.0 Å². The quantitative estimate of drug-likeness (QED) is 0.861. The molecule has 110 valence electrons. The van der Waals surface area contributed by atoms with Crippen LogP contribution in [0.5, 0.6) is 0 Å². The van der Waals surface area contributed by atoms with Crippen LogP contribution in [0.1, 0.15) is 41.6 Å². The fraction of sp³-hybridized carbons (Fsp3) is 0.533. The van der Waals surface area contributed by atoms with Gasteiger partial charge in [-0.1, -0.05) is 31.0 Å². The van der Waals surface area contributed by atoms with E-state index in [0.29, 0.717) is 13.0 Å². The van der Waals surface area contributed by atoms with Crippen molar-refractivity contribution in [1.82, 2.24) is 0 Å². The third-order valence-corrected chi connectivity index (χ3v) is 4.05. The van der Waals surface area contributed by atoms with Gasteiger partial charge in [-0.05, 0) is 31.4 Å². The summed E-state index contributed by atoms with van der Waals surface area (Å²) in [5, 5.41) is 0. The number of ketones is 1. The van der Waals surface area contributed by atoms with Crippen molar-refractivity contribution in [3.63, 3.8) is 0 Å². The molecule has 5 heteroatoms. The summed E-state index contributed by atoms with van der Waals surface area (Å²) in [6.45, 7) is 0.352. The maximum atomic E-state index is 13.0. The third-order valence-electron chi connectivity index (χ3n) is 4.05. The van der Waals surface area contributed by atoms with Gasteiger partial charge in [-0.3, -0.25) is 4.79 Å². The maximum Gasteiger partial charge on any atom is 0.417 e. The number of hydrogen-bond donors (Lipinski definition) is 1. The van der Waals surface area contributed by atoms with E-state index in [1.807, 2.05) is 0 Å². The molecule has 1 aliphatic carbocycles. The monoisotopic (exact) mass is 285 g/mol. The number of halogens is 3. The molecule has 0 bridgehead atoms. The average Bonchev–Trinajstić information content (AvgIpc) is 2.45. The minimum Gasteiger partial charge on any atom is -0.330 e. The Morgan fingerprint density at radius 2 is 1.85 bits per heavy atom. The molecule has 1 aliphatic rings. The van der Waals surface area contributed by atoms with Crippen molar-refractivity contribution in [3.8, 4) is 0 Å². The van der Waals surface area contributed by atoms with Crippen LogP contribution in [0.25, 0.3) is 0 Å². The Balaban J connectivity index is 2.33. The van der Waals surface area contributed by atoms with Gasteiger partial charge in [0, 0.05) is 11.5 Å². The van der Waals surface area contributed by atoms with Crippen LogP contribution in [0.3, 0.4) is 0 Å². The van der Waals surface area contributed by atoms with Crippen molar-refractivity contribution in [2.75, 3.05) is 6.54 Å². The standard InChI is InChI=1S/C15H18F3NO/c16-15(17,18)13-8-4-3-7-12(13)14(20)11-6-2-1-5-10(11)9-19/h3-4,7-8,10-11H,1-2,5-6,9,19H2. The molecule has 1 aromatic rings. The molecule has 2 N–H and O–H groups in total. The van der Waals surface area contributed by atoms with Crippen molar-refractivity contribution in [2.45, 2.75) is 31.9 Å². The van der Waals surface area contributed by atoms with Crippen molar-refractivity contribution >= 4 is 5.78 Å². The van der Waals surface area contributed by atoms with Crippen LogP contribution in [-0.4, -0.2) is 12.3 Å². The van der Waals surface area contributed by atoms with E-state index in [1.165, 1.54) is 18.2 Å². The number of carbonyl (C=O) groups is 1. The molecule has 0 spiro atoms. The van der Waals surface area contributed by atoms with Gasteiger partial charge >= 0.3 is 6.18 Å². The molecule has 2 rings (SSSR count). The highest BCUT2D eigenvalue weighted by atomic mass is 19.4. The SMILES string of the molecule is NCC1CCCCC1C(=O)c1ccccc1C(F)(F)F. The van der Waals surface area contributed by atoms with E-state index >= 15 is 0 Å². The molecule has 0 saturated heterocycles. The predicted octanol–water partition coefficient (Wildman–Crippen LogP) is 3.65. The number of benzene rings is 1. The Hall–Kier alpha value is -1.36. The van der Waals surface area contributed by atoms with Crippen LogP contribution < -0.4 is 5.73 Å². The fourth-order valence-electron chi connectivity index (χ4n) is 2.98. The Morgan fingerprint density at radius 3 is 2.50 bits per heavy atom. The van der Waals surface area contributed by atoms with E-state index in [0.717, 1.165) is 25.3 Å². The van der Waals surface area contributed by atoms with Gasteiger partial charge in [0.05, 0.1) is 5.56 Å². The molecule has 1 aromatic carbocycles. The molecule has 2 nitrogen and oxygen atoms in total. The summed E-state index contributed by atoms with van der Waals surface area (Å²) in [4.78, 5) is 12.5. The van der Waals surface area contributed by atoms with Gasteiger partial charge in [0.25, 0.3) is 0 Å². The van der Waals surface area contributed by atoms with Crippen molar-refractivity contribution in [3.05, 3.63) is 35.4 Å². The van der Waals surface area contributed by atoms with Gasteiger partial charge < -0.3 is 5.73 Å². The first-order valence-electron chi connectivity index (χ1n) is 6.85. The summed E-state index contributed by atoms with van der Waals surface area (Å²) in [7, 11) is 0. The molecule has 20 heavy (non-hydrogen) atoms. The smallest absolute Gasteiger partial charge is 0.330 e. The summed E-state index contributed by atoms with van der Waals surface area (Å²) in [5.74, 6) is -0.789. The van der Waals surface area contributed by atoms with Crippen LogP contribution in [0.15, 0.2) is 24.3 Å². The molecule has 2 atom stereocenters. The Labute approximate surface area is 116 Å². The molecule has 0 radical (unpaired) electrons. The van der Waals surface area contributed by atoms with E-state index in [2.05, 4.69) is 0 Å². The molecule has 0 aromatic heterocycles. The number of hydrogen-bond acceptors (Lipinski definition) is 2. The molecule has 2 unspecified atom stereocenters. The summed E-state index contributed by atoms with van der Waals surface area (Å²) in [5.41, 5.74) is 4.60. The molecule has 1 saturated carbocycles. The van der Waals surface area contributed by atoms with Crippen molar-refractivity contribution in [1.29, 1.82) is 0 Å². The lowest BCUT2D eigenvalue weighted by Gasteiger charge is -2.30. The van der Waals surface area contributed by atoms with E-state index in [1.54, 1.807) is 0 Å². The molecule has 0 heterocycles. The number of alkyl halides is 3. The highest BCUT2D eigenvalue weighted by Crippen LogP contribution is 2.36. The van der Waals surface area contributed by atoms with Crippen molar-refractivity contribution in [2.24, 2.45) is 17.6 Å². The maximum absolute atomic E-state index is 13.0. The lowest BCUT2D eigenvalue weighted by Crippen LogP contribution is -2.33. The minimum absolute atomic E-state index is 0.00228. The summed E-state index contributed by atoms with van der Waals surface area (Å²) < 4.78 is 38.9. The summed E-state index contributed by atoms with van der Waals surface area (Å²) in [6, 6.07) is 5.02. The van der Waals surface area contributed by atoms with Gasteiger partial charge in [0.2, 0.25) is 0 Å². The Bertz CT molecular complexity index is 484. The zero-order valence-electron chi connectivity index (χ0n) is 11.1. The number of nitrogens with two attached hydrogens (primary N) is 1. The molecule has 0 aliphatic heterocycles. The highest BCUT2D eigenvalue weighted by molar-refractivity contribution is 5.99. The Morgan fingerprint density at radius 1 is 1.20 bits per heavy atom. The van der Waals surface area contributed by atoms with Crippen LogP contribution >= 0.6 is 0 Å². The van der Waals surface area contributed by atoms with E-state index in [9.17, 15) is 18.0 Å². The van der Waals surface area contributed by atoms with Crippen LogP contribution in [0.4, 0.5) is 13.2 Å². The predicted molar refractivity (Wildman–Crippen MR) is 70.3 cm³/mol. The number of carbonyl (C=O) groups excluding carboxylic acids is 1. The molecule has 1 fully saturated rings. The van der Waals surface area contributed by atoms with Gasteiger partial charge in [0.15, 0.2) is 5.78 Å². The lowest BCUT2D eigenvalue weighted by atomic mass is 9.75. The average molecular weight is 285 g/mol. The third kappa shape index (κ3) is 3.03. The first kappa shape index (κ1) is 15.0. The van der Waals surface area contributed by atoms with Gasteiger partial charge in [-0.25, -0.2) is 0 Å². The zero-order valence-corrected chi connectivity index (χ0v) is 11.1.